The summed E-state index contributed by atoms with van der Waals surface area (Å²) < 4.78 is 0. The molecule has 0 spiro atoms. The summed E-state index contributed by atoms with van der Waals surface area (Å²) in [7, 11) is 0. The largest absolute Gasteiger partial charge is 0.478 e. The number of fused-ring (bicyclic) bond motifs is 5. The van der Waals surface area contributed by atoms with Gasteiger partial charge in [-0.15, -0.1) is 0 Å². The fourth-order valence-corrected chi connectivity index (χ4v) is 3.56. The summed E-state index contributed by atoms with van der Waals surface area (Å²) in [5, 5.41) is 18.0. The molecule has 3 aliphatic carbocycles. The Morgan fingerprint density at radius 3 is 2.56 bits per heavy atom. The smallest absolute Gasteiger partial charge is 0.331 e. The van der Waals surface area contributed by atoms with E-state index in [0.29, 0.717) is 23.5 Å². The summed E-state index contributed by atoms with van der Waals surface area (Å²) in [5.41, 5.74) is 0.957. The SMILES string of the molecule is O=C(O)C1=CC2C(C1)[C@@H]1C=C(C(=O)O)[C@H]2C1. The molecule has 84 valence electrons. The third kappa shape index (κ3) is 1.10. The molecule has 1 fully saturated rings. The van der Waals surface area contributed by atoms with Crippen molar-refractivity contribution in [1.82, 2.24) is 0 Å². The zero-order valence-corrected chi connectivity index (χ0v) is 8.59. The van der Waals surface area contributed by atoms with E-state index in [0.717, 1.165) is 6.42 Å². The van der Waals surface area contributed by atoms with Crippen LogP contribution in [0.4, 0.5) is 0 Å². The molecule has 0 radical (unpaired) electrons. The average Bonchev–Trinajstić information content (AvgIpc) is 2.87. The predicted molar refractivity (Wildman–Crippen MR) is 54.6 cm³/mol. The molecular formula is C12H12O4. The normalized spacial score (nSPS) is 39.2. The molecule has 4 heteroatoms. The van der Waals surface area contributed by atoms with Gasteiger partial charge in [0.05, 0.1) is 0 Å². The Labute approximate surface area is 92.3 Å². The Kier molecular flexibility index (Phi) is 1.79. The van der Waals surface area contributed by atoms with E-state index in [1.54, 1.807) is 6.08 Å². The summed E-state index contributed by atoms with van der Waals surface area (Å²) in [6, 6.07) is 0. The van der Waals surface area contributed by atoms with Gasteiger partial charge < -0.3 is 10.2 Å². The van der Waals surface area contributed by atoms with Crippen molar-refractivity contribution < 1.29 is 19.8 Å². The van der Waals surface area contributed by atoms with Crippen molar-refractivity contribution in [2.45, 2.75) is 12.8 Å². The lowest BCUT2D eigenvalue weighted by molar-refractivity contribution is -0.134. The number of allylic oxidation sites excluding steroid dienone is 2. The van der Waals surface area contributed by atoms with Crippen LogP contribution in [-0.4, -0.2) is 22.2 Å². The monoisotopic (exact) mass is 220 g/mol. The Bertz CT molecular complexity index is 446. The number of carbonyl (C=O) groups is 2. The lowest BCUT2D eigenvalue weighted by atomic mass is 9.81. The van der Waals surface area contributed by atoms with Gasteiger partial charge >= 0.3 is 11.9 Å². The summed E-state index contributed by atoms with van der Waals surface area (Å²) in [4.78, 5) is 21.9. The Hall–Kier alpha value is -1.58. The molecule has 3 aliphatic rings. The van der Waals surface area contributed by atoms with E-state index in [9.17, 15) is 9.59 Å². The van der Waals surface area contributed by atoms with Crippen molar-refractivity contribution in [3.8, 4) is 0 Å². The van der Waals surface area contributed by atoms with Crippen LogP contribution in [-0.2, 0) is 9.59 Å². The second-order valence-electron chi connectivity index (χ2n) is 4.88. The van der Waals surface area contributed by atoms with Crippen LogP contribution >= 0.6 is 0 Å². The van der Waals surface area contributed by atoms with Crippen molar-refractivity contribution in [3.63, 3.8) is 0 Å². The van der Waals surface area contributed by atoms with Crippen LogP contribution in [0.1, 0.15) is 12.8 Å². The standard InChI is InChI=1S/C12H12O4/c13-11(14)6-3-7-5-1-9(8(7)4-6)10(2-5)12(15)16/h2,4-5,7-9H,1,3H2,(H,13,14)(H,15,16)/t5-,7?,8?,9-/m0/s1. The van der Waals surface area contributed by atoms with Gasteiger partial charge in [0.15, 0.2) is 0 Å². The second kappa shape index (κ2) is 2.97. The van der Waals surface area contributed by atoms with Gasteiger partial charge in [0.25, 0.3) is 0 Å². The number of carboxylic acid groups (broad SMARTS) is 2. The van der Waals surface area contributed by atoms with Crippen molar-refractivity contribution in [2.75, 3.05) is 0 Å². The fraction of sp³-hybridized carbons (Fsp3) is 0.500. The van der Waals surface area contributed by atoms with Crippen LogP contribution in [0.3, 0.4) is 0 Å². The van der Waals surface area contributed by atoms with Gasteiger partial charge in [-0.1, -0.05) is 12.2 Å². The molecule has 3 rings (SSSR count). The van der Waals surface area contributed by atoms with Crippen LogP contribution in [0, 0.1) is 23.7 Å². The molecule has 0 aromatic carbocycles. The topological polar surface area (TPSA) is 74.6 Å². The minimum absolute atomic E-state index is 0.0457. The molecule has 2 N–H and O–H groups in total. The molecule has 0 heterocycles. The van der Waals surface area contributed by atoms with Crippen LogP contribution in [0.5, 0.6) is 0 Å². The molecule has 0 aromatic rings. The molecule has 0 aliphatic heterocycles. The van der Waals surface area contributed by atoms with Crippen LogP contribution in [0.25, 0.3) is 0 Å². The van der Waals surface area contributed by atoms with Crippen molar-refractivity contribution in [3.05, 3.63) is 23.3 Å². The number of carboxylic acids is 2. The molecule has 4 nitrogen and oxygen atoms in total. The van der Waals surface area contributed by atoms with Crippen LogP contribution in [0.2, 0.25) is 0 Å². The van der Waals surface area contributed by atoms with E-state index in [-0.39, 0.29) is 17.8 Å². The van der Waals surface area contributed by atoms with Crippen molar-refractivity contribution >= 4 is 11.9 Å². The number of hydrogen-bond acceptors (Lipinski definition) is 2. The third-order valence-electron chi connectivity index (χ3n) is 4.20. The average molecular weight is 220 g/mol. The van der Waals surface area contributed by atoms with Crippen LogP contribution < -0.4 is 0 Å². The highest BCUT2D eigenvalue weighted by molar-refractivity contribution is 5.90. The molecular weight excluding hydrogens is 208 g/mol. The second-order valence-corrected chi connectivity index (χ2v) is 4.88. The van der Waals surface area contributed by atoms with Gasteiger partial charge in [0.2, 0.25) is 0 Å². The first-order valence-electron chi connectivity index (χ1n) is 5.47. The summed E-state index contributed by atoms with van der Waals surface area (Å²) >= 11 is 0. The maximum Gasteiger partial charge on any atom is 0.331 e. The number of rotatable bonds is 2. The third-order valence-corrected chi connectivity index (χ3v) is 4.20. The molecule has 0 amide bonds. The Balaban J connectivity index is 1.92. The Morgan fingerprint density at radius 2 is 1.94 bits per heavy atom. The summed E-state index contributed by atoms with van der Waals surface area (Å²) in [6.07, 6.45) is 5.12. The minimum atomic E-state index is -0.856. The quantitative estimate of drug-likeness (QED) is 0.735. The predicted octanol–water partition coefficient (Wildman–Crippen LogP) is 1.29. The lowest BCUT2D eigenvalue weighted by Gasteiger charge is -2.22. The van der Waals surface area contributed by atoms with E-state index in [1.807, 2.05) is 6.08 Å². The van der Waals surface area contributed by atoms with Crippen molar-refractivity contribution in [2.24, 2.45) is 23.7 Å². The summed E-state index contributed by atoms with van der Waals surface area (Å²) in [6.45, 7) is 0. The highest BCUT2D eigenvalue weighted by Crippen LogP contribution is 2.57. The zero-order chi connectivity index (χ0) is 11.4. The van der Waals surface area contributed by atoms with Gasteiger partial charge in [-0.3, -0.25) is 0 Å². The highest BCUT2D eigenvalue weighted by Gasteiger charge is 2.51. The maximum absolute atomic E-state index is 11.0. The van der Waals surface area contributed by atoms with Crippen molar-refractivity contribution in [1.29, 1.82) is 0 Å². The molecule has 2 unspecified atom stereocenters. The van der Waals surface area contributed by atoms with E-state index in [4.69, 9.17) is 10.2 Å². The first-order chi connectivity index (χ1) is 7.58. The highest BCUT2D eigenvalue weighted by atomic mass is 16.4. The van der Waals surface area contributed by atoms with E-state index < -0.39 is 11.9 Å². The first-order valence-corrected chi connectivity index (χ1v) is 5.47. The lowest BCUT2D eigenvalue weighted by Crippen LogP contribution is -2.20. The molecule has 16 heavy (non-hydrogen) atoms. The fourth-order valence-electron chi connectivity index (χ4n) is 3.56. The van der Waals surface area contributed by atoms with E-state index in [1.165, 1.54) is 0 Å². The zero-order valence-electron chi connectivity index (χ0n) is 8.59. The van der Waals surface area contributed by atoms with Gasteiger partial charge in [0.1, 0.15) is 0 Å². The molecule has 0 aromatic heterocycles. The van der Waals surface area contributed by atoms with Gasteiger partial charge in [-0.2, -0.15) is 0 Å². The van der Waals surface area contributed by atoms with E-state index in [2.05, 4.69) is 0 Å². The molecule has 2 bridgehead atoms. The number of aliphatic carboxylic acids is 2. The minimum Gasteiger partial charge on any atom is -0.478 e. The summed E-state index contributed by atoms with van der Waals surface area (Å²) in [5.74, 6) is -0.904. The van der Waals surface area contributed by atoms with Gasteiger partial charge in [0, 0.05) is 11.1 Å². The maximum atomic E-state index is 11.0. The molecule has 0 saturated heterocycles. The van der Waals surface area contributed by atoms with Gasteiger partial charge in [-0.05, 0) is 36.5 Å². The molecule has 1 saturated carbocycles. The molecule has 4 atom stereocenters. The number of hydrogen-bond donors (Lipinski definition) is 2. The van der Waals surface area contributed by atoms with Crippen LogP contribution in [0.15, 0.2) is 23.3 Å². The van der Waals surface area contributed by atoms with Gasteiger partial charge in [-0.25, -0.2) is 9.59 Å². The first kappa shape index (κ1) is 9.63. The van der Waals surface area contributed by atoms with E-state index >= 15 is 0 Å². The Morgan fingerprint density at radius 1 is 1.19 bits per heavy atom.